The predicted octanol–water partition coefficient (Wildman–Crippen LogP) is 3.75. The summed E-state index contributed by atoms with van der Waals surface area (Å²) in [6, 6.07) is 1.57. The largest absolute Gasteiger partial charge is 0.465 e. The first-order valence-electron chi connectivity index (χ1n) is 5.27. The normalized spacial score (nSPS) is 9.12. The van der Waals surface area contributed by atoms with E-state index in [1.54, 1.807) is 20.0 Å². The average Bonchev–Trinajstić information content (AvgIpc) is 2.37. The minimum absolute atomic E-state index is 0.138. The van der Waals surface area contributed by atoms with Crippen LogP contribution in [-0.2, 0) is 4.74 Å². The molecule has 1 aromatic carbocycles. The van der Waals surface area contributed by atoms with Crippen LogP contribution in [0.5, 0.6) is 0 Å². The Morgan fingerprint density at radius 3 is 2.41 bits per heavy atom. The molecule has 0 aliphatic heterocycles. The molecule has 0 heterocycles. The van der Waals surface area contributed by atoms with Gasteiger partial charge in [-0.05, 0) is 34.5 Å². The summed E-state index contributed by atoms with van der Waals surface area (Å²) in [5.74, 6) is -1.05. The molecule has 1 aromatic rings. The maximum absolute atomic E-state index is 13.7. The van der Waals surface area contributed by atoms with Crippen molar-refractivity contribution in [2.75, 3.05) is 19.5 Å². The second kappa shape index (κ2) is 7.27. The molecule has 1 N–H and O–H groups in total. The third-order valence-electron chi connectivity index (χ3n) is 2.04. The third kappa shape index (κ3) is 3.43. The van der Waals surface area contributed by atoms with Gasteiger partial charge >= 0.3 is 5.97 Å². The van der Waals surface area contributed by atoms with Gasteiger partial charge < -0.3 is 10.1 Å². The van der Waals surface area contributed by atoms with E-state index < -0.39 is 11.8 Å². The van der Waals surface area contributed by atoms with E-state index in [1.807, 2.05) is 13.8 Å². The second-order valence-electron chi connectivity index (χ2n) is 2.99. The average molecular weight is 306 g/mol. The summed E-state index contributed by atoms with van der Waals surface area (Å²) < 4.78 is 18.6. The maximum atomic E-state index is 13.7. The molecule has 0 amide bonds. The SMILES string of the molecule is CC.CNc1c(C(=O)OC)cc(C)c(Br)c1F. The molecule has 3 nitrogen and oxygen atoms in total. The minimum atomic E-state index is -0.561. The van der Waals surface area contributed by atoms with Gasteiger partial charge in [-0.15, -0.1) is 0 Å². The quantitative estimate of drug-likeness (QED) is 0.846. The number of rotatable bonds is 2. The molecule has 0 aliphatic carbocycles. The van der Waals surface area contributed by atoms with Crippen LogP contribution in [-0.4, -0.2) is 20.1 Å². The summed E-state index contributed by atoms with van der Waals surface area (Å²) in [6.45, 7) is 5.71. The molecule has 0 radical (unpaired) electrons. The van der Waals surface area contributed by atoms with Gasteiger partial charge in [0.2, 0.25) is 0 Å². The Kier molecular flexibility index (Phi) is 6.80. The van der Waals surface area contributed by atoms with Crippen molar-refractivity contribution in [1.82, 2.24) is 0 Å². The Bertz CT molecular complexity index is 408. The predicted molar refractivity (Wildman–Crippen MR) is 71.1 cm³/mol. The van der Waals surface area contributed by atoms with Crippen LogP contribution in [0.25, 0.3) is 0 Å². The number of hydrogen-bond donors (Lipinski definition) is 1. The molecule has 0 fully saturated rings. The van der Waals surface area contributed by atoms with Crippen molar-refractivity contribution in [1.29, 1.82) is 0 Å². The van der Waals surface area contributed by atoms with Gasteiger partial charge in [-0.25, -0.2) is 9.18 Å². The van der Waals surface area contributed by atoms with Crippen LogP contribution >= 0.6 is 15.9 Å². The lowest BCUT2D eigenvalue weighted by molar-refractivity contribution is 0.0601. The molecule has 5 heteroatoms. The highest BCUT2D eigenvalue weighted by Crippen LogP contribution is 2.30. The van der Waals surface area contributed by atoms with E-state index in [1.165, 1.54) is 7.11 Å². The number of aryl methyl sites for hydroxylation is 1. The molecule has 1 rings (SSSR count). The highest BCUT2D eigenvalue weighted by Gasteiger charge is 2.19. The van der Waals surface area contributed by atoms with Crippen molar-refractivity contribution >= 4 is 27.6 Å². The van der Waals surface area contributed by atoms with Gasteiger partial charge in [0.1, 0.15) is 0 Å². The highest BCUT2D eigenvalue weighted by molar-refractivity contribution is 9.10. The van der Waals surface area contributed by atoms with E-state index in [-0.39, 0.29) is 11.3 Å². The number of methoxy groups -OCH3 is 1. The van der Waals surface area contributed by atoms with Crippen molar-refractivity contribution in [2.45, 2.75) is 20.8 Å². The third-order valence-corrected chi connectivity index (χ3v) is 3.02. The molecule has 0 aliphatic rings. The van der Waals surface area contributed by atoms with Crippen molar-refractivity contribution in [3.63, 3.8) is 0 Å². The van der Waals surface area contributed by atoms with Crippen LogP contribution in [0.15, 0.2) is 10.5 Å². The summed E-state index contributed by atoms with van der Waals surface area (Å²) in [5.41, 5.74) is 0.976. The molecule has 96 valence electrons. The molecular weight excluding hydrogens is 289 g/mol. The zero-order valence-electron chi connectivity index (χ0n) is 10.6. The number of anilines is 1. The molecule has 0 saturated carbocycles. The van der Waals surface area contributed by atoms with Gasteiger partial charge in [-0.1, -0.05) is 13.8 Å². The molecule has 17 heavy (non-hydrogen) atoms. The minimum Gasteiger partial charge on any atom is -0.465 e. The van der Waals surface area contributed by atoms with Gasteiger partial charge in [0.05, 0.1) is 22.8 Å². The molecular formula is C12H17BrFNO2. The van der Waals surface area contributed by atoms with Crippen molar-refractivity contribution < 1.29 is 13.9 Å². The maximum Gasteiger partial charge on any atom is 0.340 e. The number of benzene rings is 1. The first-order valence-corrected chi connectivity index (χ1v) is 6.06. The Hall–Kier alpha value is -1.10. The first-order chi connectivity index (χ1) is 8.02. The van der Waals surface area contributed by atoms with Gasteiger partial charge in [0.15, 0.2) is 5.82 Å². The lowest BCUT2D eigenvalue weighted by Crippen LogP contribution is -2.08. The van der Waals surface area contributed by atoms with E-state index in [9.17, 15) is 9.18 Å². The molecule has 0 saturated heterocycles. The Balaban J connectivity index is 0.00000121. The molecule has 0 atom stereocenters. The fourth-order valence-corrected chi connectivity index (χ4v) is 1.58. The number of hydrogen-bond acceptors (Lipinski definition) is 3. The van der Waals surface area contributed by atoms with Crippen LogP contribution in [0.2, 0.25) is 0 Å². The van der Waals surface area contributed by atoms with Crippen LogP contribution in [0.1, 0.15) is 29.8 Å². The molecule has 0 aromatic heterocycles. The van der Waals surface area contributed by atoms with E-state index in [0.717, 1.165) is 0 Å². The fourth-order valence-electron chi connectivity index (χ4n) is 1.27. The summed E-state index contributed by atoms with van der Waals surface area (Å²) in [5, 5.41) is 2.64. The topological polar surface area (TPSA) is 38.3 Å². The van der Waals surface area contributed by atoms with E-state index in [2.05, 4.69) is 26.0 Å². The Labute approximate surface area is 109 Å². The lowest BCUT2D eigenvalue weighted by atomic mass is 10.1. The second-order valence-corrected chi connectivity index (χ2v) is 3.78. The van der Waals surface area contributed by atoms with Crippen LogP contribution < -0.4 is 5.32 Å². The van der Waals surface area contributed by atoms with Crippen molar-refractivity contribution in [3.8, 4) is 0 Å². The van der Waals surface area contributed by atoms with E-state index in [0.29, 0.717) is 10.0 Å². The van der Waals surface area contributed by atoms with Crippen LogP contribution in [0.3, 0.4) is 0 Å². The lowest BCUT2D eigenvalue weighted by Gasteiger charge is -2.11. The molecule has 0 unspecified atom stereocenters. The monoisotopic (exact) mass is 305 g/mol. The number of esters is 1. The first kappa shape index (κ1) is 15.9. The number of carbonyl (C=O) groups excluding carboxylic acids is 1. The summed E-state index contributed by atoms with van der Waals surface area (Å²) in [7, 11) is 2.81. The zero-order chi connectivity index (χ0) is 13.6. The van der Waals surface area contributed by atoms with Gasteiger partial charge in [0.25, 0.3) is 0 Å². The number of carbonyl (C=O) groups is 1. The highest BCUT2D eigenvalue weighted by atomic mass is 79.9. The van der Waals surface area contributed by atoms with Crippen LogP contribution in [0.4, 0.5) is 10.1 Å². The smallest absolute Gasteiger partial charge is 0.340 e. The molecule has 0 bridgehead atoms. The number of nitrogens with one attached hydrogen (secondary N) is 1. The van der Waals surface area contributed by atoms with Gasteiger partial charge in [0, 0.05) is 7.05 Å². The number of ether oxygens (including phenoxy) is 1. The summed E-state index contributed by atoms with van der Waals surface area (Å²) in [4.78, 5) is 11.4. The van der Waals surface area contributed by atoms with Gasteiger partial charge in [-0.3, -0.25) is 0 Å². The van der Waals surface area contributed by atoms with Crippen molar-refractivity contribution in [3.05, 3.63) is 27.5 Å². The van der Waals surface area contributed by atoms with Gasteiger partial charge in [-0.2, -0.15) is 0 Å². The standard InChI is InChI=1S/C10H11BrFNO2.C2H6/c1-5-4-6(10(14)15-3)9(13-2)8(12)7(5)11;1-2/h4,13H,1-3H3;1-2H3. The van der Waals surface area contributed by atoms with Crippen LogP contribution in [0, 0.1) is 12.7 Å². The fraction of sp³-hybridized carbons (Fsp3) is 0.417. The summed E-state index contributed by atoms with van der Waals surface area (Å²) >= 11 is 3.11. The molecule has 0 spiro atoms. The zero-order valence-corrected chi connectivity index (χ0v) is 12.2. The van der Waals surface area contributed by atoms with E-state index in [4.69, 9.17) is 0 Å². The number of halogens is 2. The Morgan fingerprint density at radius 1 is 1.47 bits per heavy atom. The Morgan fingerprint density at radius 2 is 2.00 bits per heavy atom. The summed E-state index contributed by atoms with van der Waals surface area (Å²) in [6.07, 6.45) is 0. The van der Waals surface area contributed by atoms with Crippen molar-refractivity contribution in [2.24, 2.45) is 0 Å². The van der Waals surface area contributed by atoms with E-state index >= 15 is 0 Å².